The van der Waals surface area contributed by atoms with Gasteiger partial charge < -0.3 is 20.4 Å². The zero-order valence-corrected chi connectivity index (χ0v) is 18.1. The van der Waals surface area contributed by atoms with Crippen molar-refractivity contribution in [1.82, 2.24) is 10.2 Å². The lowest BCUT2D eigenvalue weighted by atomic mass is 10.1. The molecule has 0 radical (unpaired) electrons. The molecule has 2 aromatic carbocycles. The molecule has 8 heteroatoms. The summed E-state index contributed by atoms with van der Waals surface area (Å²) < 4.78 is 0. The first-order valence-corrected chi connectivity index (χ1v) is 10.4. The van der Waals surface area contributed by atoms with Crippen LogP contribution in [0.25, 0.3) is 0 Å². The molecule has 8 nitrogen and oxygen atoms in total. The Morgan fingerprint density at radius 1 is 1.00 bits per heavy atom. The second-order valence-corrected chi connectivity index (χ2v) is 7.25. The fraction of sp³-hybridized carbons (Fsp3) is 0.292. The van der Waals surface area contributed by atoms with Gasteiger partial charge in [0.2, 0.25) is 0 Å². The van der Waals surface area contributed by atoms with E-state index in [0.717, 1.165) is 38.2 Å². The Morgan fingerprint density at radius 2 is 1.56 bits per heavy atom. The smallest absolute Gasteiger partial charge is 0.328 e. The van der Waals surface area contributed by atoms with Crippen molar-refractivity contribution in [3.05, 3.63) is 78.4 Å². The molecule has 1 unspecified atom stereocenters. The second-order valence-electron chi connectivity index (χ2n) is 7.25. The Bertz CT molecular complexity index is 886. The third-order valence-corrected chi connectivity index (χ3v) is 5.01. The van der Waals surface area contributed by atoms with Crippen LogP contribution in [0.5, 0.6) is 0 Å². The van der Waals surface area contributed by atoms with E-state index in [-0.39, 0.29) is 12.1 Å². The number of urea groups is 1. The van der Waals surface area contributed by atoms with Crippen LogP contribution in [-0.4, -0.2) is 65.8 Å². The molecule has 2 amide bonds. The van der Waals surface area contributed by atoms with Crippen LogP contribution in [0.15, 0.2) is 72.8 Å². The van der Waals surface area contributed by atoms with Gasteiger partial charge in [-0.05, 0) is 30.5 Å². The number of anilines is 1. The lowest BCUT2D eigenvalue weighted by Crippen LogP contribution is -2.46. The molecular formula is C24H29N3O5. The Labute approximate surface area is 187 Å². The monoisotopic (exact) mass is 439 g/mol. The summed E-state index contributed by atoms with van der Waals surface area (Å²) in [5.41, 5.74) is 2.33. The van der Waals surface area contributed by atoms with E-state index in [9.17, 15) is 14.4 Å². The highest BCUT2D eigenvalue weighted by Crippen LogP contribution is 2.23. The van der Waals surface area contributed by atoms with Gasteiger partial charge in [-0.3, -0.25) is 4.90 Å². The number of nitrogens with zero attached hydrogens (tertiary/aromatic N) is 2. The topological polar surface area (TPSA) is 110 Å². The Kier molecular flexibility index (Phi) is 9.93. The van der Waals surface area contributed by atoms with Crippen molar-refractivity contribution in [1.29, 1.82) is 0 Å². The van der Waals surface area contributed by atoms with Crippen molar-refractivity contribution in [3.8, 4) is 0 Å². The van der Waals surface area contributed by atoms with E-state index in [1.807, 2.05) is 35.2 Å². The van der Waals surface area contributed by atoms with E-state index < -0.39 is 11.9 Å². The van der Waals surface area contributed by atoms with E-state index in [2.05, 4.69) is 40.5 Å². The van der Waals surface area contributed by atoms with Crippen molar-refractivity contribution in [2.24, 2.45) is 0 Å². The average Bonchev–Trinajstić information content (AvgIpc) is 3.26. The highest BCUT2D eigenvalue weighted by molar-refractivity contribution is 5.92. The van der Waals surface area contributed by atoms with Crippen LogP contribution < -0.4 is 10.2 Å². The molecule has 3 rings (SSSR count). The molecule has 1 aliphatic rings. The summed E-state index contributed by atoms with van der Waals surface area (Å²) >= 11 is 0. The lowest BCUT2D eigenvalue weighted by molar-refractivity contribution is -0.134. The van der Waals surface area contributed by atoms with Crippen LogP contribution in [0.2, 0.25) is 0 Å². The maximum absolute atomic E-state index is 12.4. The van der Waals surface area contributed by atoms with Crippen LogP contribution in [-0.2, 0) is 16.0 Å². The summed E-state index contributed by atoms with van der Waals surface area (Å²) in [7, 11) is 1.69. The van der Waals surface area contributed by atoms with Crippen molar-refractivity contribution in [2.75, 3.05) is 31.6 Å². The molecule has 0 aliphatic carbocycles. The first-order chi connectivity index (χ1) is 15.4. The molecular weight excluding hydrogens is 410 g/mol. The Hall–Kier alpha value is -3.65. The van der Waals surface area contributed by atoms with E-state index in [4.69, 9.17) is 10.2 Å². The van der Waals surface area contributed by atoms with Gasteiger partial charge in [0, 0.05) is 44.5 Å². The van der Waals surface area contributed by atoms with Gasteiger partial charge >= 0.3 is 18.0 Å². The van der Waals surface area contributed by atoms with Crippen molar-refractivity contribution >= 4 is 23.7 Å². The highest BCUT2D eigenvalue weighted by atomic mass is 16.4. The lowest BCUT2D eigenvalue weighted by Gasteiger charge is -2.29. The number of benzene rings is 2. The van der Waals surface area contributed by atoms with Gasteiger partial charge in [-0.2, -0.15) is 0 Å². The summed E-state index contributed by atoms with van der Waals surface area (Å²) in [5.74, 6) is -2.51. The molecule has 170 valence electrons. The fourth-order valence-corrected chi connectivity index (χ4v) is 3.50. The van der Waals surface area contributed by atoms with E-state index in [1.165, 1.54) is 5.56 Å². The molecule has 0 saturated carbocycles. The van der Waals surface area contributed by atoms with E-state index in [1.54, 1.807) is 7.05 Å². The van der Waals surface area contributed by atoms with Crippen molar-refractivity contribution in [2.45, 2.75) is 18.9 Å². The maximum Gasteiger partial charge on any atom is 0.328 e. The number of carboxylic acid groups (broad SMARTS) is 2. The van der Waals surface area contributed by atoms with Gasteiger partial charge in [0.05, 0.1) is 6.04 Å². The van der Waals surface area contributed by atoms with Crippen molar-refractivity contribution < 1.29 is 24.6 Å². The normalized spacial score (nSPS) is 15.6. The number of carbonyl (C=O) groups is 3. The molecule has 0 aromatic heterocycles. The molecule has 3 N–H and O–H groups in total. The molecule has 1 heterocycles. The number of rotatable bonds is 7. The molecule has 32 heavy (non-hydrogen) atoms. The fourth-order valence-electron chi connectivity index (χ4n) is 3.50. The predicted molar refractivity (Wildman–Crippen MR) is 123 cm³/mol. The molecule has 1 atom stereocenters. The molecule has 1 fully saturated rings. The Balaban J connectivity index is 0.000000390. The zero-order chi connectivity index (χ0) is 23.3. The molecule has 2 aromatic rings. The van der Waals surface area contributed by atoms with Crippen LogP contribution in [0.4, 0.5) is 10.5 Å². The summed E-state index contributed by atoms with van der Waals surface area (Å²) in [6.07, 6.45) is 3.18. The average molecular weight is 440 g/mol. The van der Waals surface area contributed by atoms with Gasteiger partial charge in [0.15, 0.2) is 0 Å². The maximum atomic E-state index is 12.4. The minimum Gasteiger partial charge on any atom is -0.478 e. The summed E-state index contributed by atoms with van der Waals surface area (Å²) in [5, 5.41) is 18.4. The number of hydrogen-bond donors (Lipinski definition) is 3. The number of aliphatic carboxylic acids is 2. The number of likely N-dealkylation sites (tertiary alicyclic amines) is 1. The van der Waals surface area contributed by atoms with Gasteiger partial charge in [0.1, 0.15) is 0 Å². The molecule has 0 bridgehead atoms. The van der Waals surface area contributed by atoms with E-state index >= 15 is 0 Å². The third-order valence-electron chi connectivity index (χ3n) is 5.01. The van der Waals surface area contributed by atoms with Crippen LogP contribution >= 0.6 is 0 Å². The number of nitrogens with one attached hydrogen (secondary N) is 1. The van der Waals surface area contributed by atoms with Gasteiger partial charge in [0.25, 0.3) is 0 Å². The number of carbonyl (C=O) groups excluding carboxylic acids is 1. The summed E-state index contributed by atoms with van der Waals surface area (Å²) in [4.78, 5) is 35.8. The first-order valence-electron chi connectivity index (χ1n) is 10.4. The van der Waals surface area contributed by atoms with Crippen LogP contribution in [0.3, 0.4) is 0 Å². The van der Waals surface area contributed by atoms with E-state index in [0.29, 0.717) is 12.2 Å². The number of hydrogen-bond acceptors (Lipinski definition) is 4. The minimum absolute atomic E-state index is 0.0314. The molecule has 1 saturated heterocycles. The predicted octanol–water partition coefficient (Wildman–Crippen LogP) is 2.86. The standard InChI is InChI=1S/C20H25N3O.C4H4O4/c1-21-20(24)23(18-10-6-3-7-11-18)19-13-15-22(16-19)14-12-17-8-4-2-5-9-17;5-3(6)1-2-4(7)8/h2-11,19H,12-16H2,1H3,(H,21,24);1-2H,(H,5,6)(H,7,8)/b;2-1+. The zero-order valence-electron chi connectivity index (χ0n) is 18.1. The van der Waals surface area contributed by atoms with Gasteiger partial charge in [-0.25, -0.2) is 14.4 Å². The number of amides is 2. The van der Waals surface area contributed by atoms with Gasteiger partial charge in [-0.15, -0.1) is 0 Å². The SMILES string of the molecule is CNC(=O)N(c1ccccc1)C1CCN(CCc2ccccc2)C1.O=C(O)/C=C/C(=O)O. The molecule has 1 aliphatic heterocycles. The van der Waals surface area contributed by atoms with Crippen molar-refractivity contribution in [3.63, 3.8) is 0 Å². The van der Waals surface area contributed by atoms with Crippen LogP contribution in [0, 0.1) is 0 Å². The first kappa shape index (κ1) is 24.6. The largest absolute Gasteiger partial charge is 0.478 e. The second kappa shape index (κ2) is 12.9. The third kappa shape index (κ3) is 8.23. The number of para-hydroxylation sites is 1. The summed E-state index contributed by atoms with van der Waals surface area (Å²) in [6.45, 7) is 3.00. The highest BCUT2D eigenvalue weighted by Gasteiger charge is 2.31. The minimum atomic E-state index is -1.26. The van der Waals surface area contributed by atoms with Crippen LogP contribution in [0.1, 0.15) is 12.0 Å². The summed E-state index contributed by atoms with van der Waals surface area (Å²) in [6, 6.07) is 20.7. The number of carboxylic acids is 2. The molecule has 0 spiro atoms. The quantitative estimate of drug-likeness (QED) is 0.572. The Morgan fingerprint density at radius 3 is 2.09 bits per heavy atom. The van der Waals surface area contributed by atoms with Gasteiger partial charge in [-0.1, -0.05) is 48.5 Å².